The average Bonchev–Trinajstić information content (AvgIpc) is 2.74. The number of hydrogen-bond donors (Lipinski definition) is 1. The fraction of sp³-hybridized carbons (Fsp3) is 0.280. The highest BCUT2D eigenvalue weighted by Gasteiger charge is 2.42. The standard InChI is InChI=1S/C25H24F4N2O/c1-17-11-18(13-20(26)12-17)14-30-15-23(19-7-3-2-4-8-19)31(16-24(32)25(27,28)29)22-10-6-5-9-21(22)30/h2-13,23-24,32H,14-16H2,1H3/t23-,24+/m0/s1. The largest absolute Gasteiger partial charge is 0.416 e. The monoisotopic (exact) mass is 444 g/mol. The van der Waals surface area contributed by atoms with Crippen LogP contribution in [0.4, 0.5) is 28.9 Å². The lowest BCUT2D eigenvalue weighted by molar-refractivity contribution is -0.200. The topological polar surface area (TPSA) is 26.7 Å². The summed E-state index contributed by atoms with van der Waals surface area (Å²) in [7, 11) is 0. The van der Waals surface area contributed by atoms with Crippen LogP contribution in [0.25, 0.3) is 0 Å². The number of alkyl halides is 3. The van der Waals surface area contributed by atoms with Crippen LogP contribution in [0.15, 0.2) is 72.8 Å². The summed E-state index contributed by atoms with van der Waals surface area (Å²) in [5.41, 5.74) is 3.78. The number of para-hydroxylation sites is 2. The Kier molecular flexibility index (Phi) is 6.11. The minimum atomic E-state index is -4.72. The summed E-state index contributed by atoms with van der Waals surface area (Å²) >= 11 is 0. The molecule has 0 aliphatic carbocycles. The second-order valence-corrected chi connectivity index (χ2v) is 8.14. The molecule has 0 saturated carbocycles. The number of fused-ring (bicyclic) bond motifs is 1. The first-order chi connectivity index (χ1) is 15.2. The summed E-state index contributed by atoms with van der Waals surface area (Å²) in [6.45, 7) is 2.05. The van der Waals surface area contributed by atoms with Crippen molar-refractivity contribution in [2.24, 2.45) is 0 Å². The molecule has 3 aromatic carbocycles. The number of aryl methyl sites for hydroxylation is 1. The summed E-state index contributed by atoms with van der Waals surface area (Å²) in [5, 5.41) is 9.87. The van der Waals surface area contributed by atoms with Gasteiger partial charge in [-0.2, -0.15) is 13.2 Å². The van der Waals surface area contributed by atoms with Crippen LogP contribution in [0, 0.1) is 12.7 Å². The van der Waals surface area contributed by atoms with Gasteiger partial charge in [-0.05, 0) is 47.9 Å². The van der Waals surface area contributed by atoms with Crippen molar-refractivity contribution in [3.05, 3.63) is 95.3 Å². The lowest BCUT2D eigenvalue weighted by Crippen LogP contribution is -2.49. The molecule has 0 spiro atoms. The van der Waals surface area contributed by atoms with Gasteiger partial charge in [0.25, 0.3) is 0 Å². The summed E-state index contributed by atoms with van der Waals surface area (Å²) in [6.07, 6.45) is -7.19. The lowest BCUT2D eigenvalue weighted by atomic mass is 9.98. The summed E-state index contributed by atoms with van der Waals surface area (Å²) in [5.74, 6) is -0.320. The summed E-state index contributed by atoms with van der Waals surface area (Å²) < 4.78 is 53.7. The van der Waals surface area contributed by atoms with Gasteiger partial charge < -0.3 is 14.9 Å². The Morgan fingerprint density at radius 2 is 1.62 bits per heavy atom. The molecule has 168 valence electrons. The van der Waals surface area contributed by atoms with Crippen molar-refractivity contribution in [3.63, 3.8) is 0 Å². The number of β-amino-alcohol motifs (C(OH)–C–C–N with tert-alkyl or cyclic N) is 1. The van der Waals surface area contributed by atoms with Crippen molar-refractivity contribution in [2.45, 2.75) is 31.8 Å². The van der Waals surface area contributed by atoms with Gasteiger partial charge in [0.15, 0.2) is 6.10 Å². The van der Waals surface area contributed by atoms with Crippen LogP contribution >= 0.6 is 0 Å². The van der Waals surface area contributed by atoms with E-state index in [1.165, 1.54) is 12.1 Å². The first-order valence-electron chi connectivity index (χ1n) is 10.4. The van der Waals surface area contributed by atoms with Crippen LogP contribution in [0.5, 0.6) is 0 Å². The first-order valence-corrected chi connectivity index (χ1v) is 10.4. The van der Waals surface area contributed by atoms with E-state index >= 15 is 0 Å². The molecule has 3 nitrogen and oxygen atoms in total. The highest BCUT2D eigenvalue weighted by atomic mass is 19.4. The molecule has 0 saturated heterocycles. The molecule has 1 aliphatic rings. The van der Waals surface area contributed by atoms with Gasteiger partial charge in [-0.25, -0.2) is 4.39 Å². The van der Waals surface area contributed by atoms with Crippen molar-refractivity contribution in [2.75, 3.05) is 22.9 Å². The molecule has 1 N–H and O–H groups in total. The zero-order valence-corrected chi connectivity index (χ0v) is 17.6. The quantitative estimate of drug-likeness (QED) is 0.517. The molecular formula is C25H24F4N2O. The molecule has 0 bridgehead atoms. The SMILES string of the molecule is Cc1cc(F)cc(CN2C[C@@H](c3ccccc3)N(C[C@@H](O)C(F)(F)F)c3ccccc32)c1. The Balaban J connectivity index is 1.76. The zero-order chi connectivity index (χ0) is 22.9. The van der Waals surface area contributed by atoms with E-state index in [4.69, 9.17) is 0 Å². The molecule has 1 heterocycles. The number of aliphatic hydroxyl groups excluding tert-OH is 1. The molecule has 3 aromatic rings. The van der Waals surface area contributed by atoms with Crippen LogP contribution < -0.4 is 9.80 Å². The third-order valence-electron chi connectivity index (χ3n) is 5.71. The van der Waals surface area contributed by atoms with Gasteiger partial charge in [-0.3, -0.25) is 0 Å². The van der Waals surface area contributed by atoms with Gasteiger partial charge in [0, 0.05) is 13.1 Å². The normalized spacial score (nSPS) is 17.2. The lowest BCUT2D eigenvalue weighted by Gasteiger charge is -2.45. The number of anilines is 2. The van der Waals surface area contributed by atoms with Crippen molar-refractivity contribution >= 4 is 11.4 Å². The van der Waals surface area contributed by atoms with Crippen molar-refractivity contribution < 1.29 is 22.7 Å². The Bertz CT molecular complexity index is 1050. The molecule has 0 unspecified atom stereocenters. The second kappa shape index (κ2) is 8.82. The van der Waals surface area contributed by atoms with E-state index in [1.54, 1.807) is 17.0 Å². The van der Waals surface area contributed by atoms with Gasteiger partial charge in [-0.1, -0.05) is 48.5 Å². The van der Waals surface area contributed by atoms with Gasteiger partial charge in [-0.15, -0.1) is 0 Å². The Hall–Kier alpha value is -3.06. The number of benzene rings is 3. The molecule has 2 atom stereocenters. The number of rotatable bonds is 5. The maximum absolute atomic E-state index is 14.0. The first kappa shape index (κ1) is 22.1. The van der Waals surface area contributed by atoms with E-state index in [9.17, 15) is 22.7 Å². The molecule has 32 heavy (non-hydrogen) atoms. The molecule has 0 fully saturated rings. The average molecular weight is 444 g/mol. The van der Waals surface area contributed by atoms with E-state index in [0.717, 1.165) is 22.4 Å². The van der Waals surface area contributed by atoms with E-state index in [1.807, 2.05) is 55.5 Å². The van der Waals surface area contributed by atoms with Crippen LogP contribution in [-0.2, 0) is 6.54 Å². The zero-order valence-electron chi connectivity index (χ0n) is 17.6. The Morgan fingerprint density at radius 3 is 2.28 bits per heavy atom. The summed E-state index contributed by atoms with van der Waals surface area (Å²) in [4.78, 5) is 3.67. The van der Waals surface area contributed by atoms with Crippen LogP contribution in [-0.4, -0.2) is 30.5 Å². The maximum Gasteiger partial charge on any atom is 0.416 e. The van der Waals surface area contributed by atoms with Gasteiger partial charge in [0.05, 0.1) is 24.0 Å². The predicted octanol–water partition coefficient (Wildman–Crippen LogP) is 5.63. The van der Waals surface area contributed by atoms with E-state index in [0.29, 0.717) is 18.8 Å². The Labute approximate surface area is 184 Å². The van der Waals surface area contributed by atoms with E-state index < -0.39 is 24.9 Å². The van der Waals surface area contributed by atoms with Gasteiger partial charge in [0.2, 0.25) is 0 Å². The van der Waals surface area contributed by atoms with E-state index in [-0.39, 0.29) is 5.82 Å². The number of hydrogen-bond acceptors (Lipinski definition) is 3. The van der Waals surface area contributed by atoms with Crippen molar-refractivity contribution in [1.82, 2.24) is 0 Å². The minimum Gasteiger partial charge on any atom is -0.382 e. The van der Waals surface area contributed by atoms with Crippen molar-refractivity contribution in [1.29, 1.82) is 0 Å². The van der Waals surface area contributed by atoms with Crippen molar-refractivity contribution in [3.8, 4) is 0 Å². The molecule has 1 aliphatic heterocycles. The highest BCUT2D eigenvalue weighted by Crippen LogP contribution is 2.42. The number of nitrogens with zero attached hydrogens (tertiary/aromatic N) is 2. The molecule has 0 amide bonds. The molecule has 7 heteroatoms. The van der Waals surface area contributed by atoms with Crippen LogP contribution in [0.3, 0.4) is 0 Å². The summed E-state index contributed by atoms with van der Waals surface area (Å²) in [6, 6.07) is 20.9. The molecular weight excluding hydrogens is 420 g/mol. The maximum atomic E-state index is 14.0. The van der Waals surface area contributed by atoms with Gasteiger partial charge >= 0.3 is 6.18 Å². The molecule has 0 aromatic heterocycles. The fourth-order valence-corrected chi connectivity index (χ4v) is 4.30. The molecule has 4 rings (SSSR count). The number of halogens is 4. The predicted molar refractivity (Wildman–Crippen MR) is 117 cm³/mol. The van der Waals surface area contributed by atoms with E-state index in [2.05, 4.69) is 4.90 Å². The highest BCUT2D eigenvalue weighted by molar-refractivity contribution is 5.74. The fourth-order valence-electron chi connectivity index (χ4n) is 4.30. The smallest absolute Gasteiger partial charge is 0.382 e. The third kappa shape index (κ3) is 4.72. The third-order valence-corrected chi connectivity index (χ3v) is 5.71. The van der Waals surface area contributed by atoms with Gasteiger partial charge in [0.1, 0.15) is 5.82 Å². The second-order valence-electron chi connectivity index (χ2n) is 8.14. The van der Waals surface area contributed by atoms with Crippen LogP contribution in [0.1, 0.15) is 22.7 Å². The van der Waals surface area contributed by atoms with Crippen LogP contribution in [0.2, 0.25) is 0 Å². The Morgan fingerprint density at radius 1 is 0.969 bits per heavy atom. The molecule has 0 radical (unpaired) electrons. The number of aliphatic hydroxyl groups is 1. The minimum absolute atomic E-state index is 0.320.